The van der Waals surface area contributed by atoms with Gasteiger partial charge >= 0.3 is 0 Å². The molecule has 1 N–H and O–H groups in total. The maximum Gasteiger partial charge on any atom is 0.0963 e. The van der Waals surface area contributed by atoms with Gasteiger partial charge in [0.1, 0.15) is 0 Å². The summed E-state index contributed by atoms with van der Waals surface area (Å²) in [5.74, 6) is 0. The zero-order chi connectivity index (χ0) is 6.41. The monoisotopic (exact) mass is 116 g/mol. The molecule has 8 heavy (non-hydrogen) atoms. The van der Waals surface area contributed by atoms with Gasteiger partial charge in [0.25, 0.3) is 0 Å². The molecule has 0 aliphatic carbocycles. The van der Waals surface area contributed by atoms with Crippen molar-refractivity contribution in [2.45, 2.75) is 19.4 Å². The summed E-state index contributed by atoms with van der Waals surface area (Å²) in [4.78, 5) is 9.64. The quantitative estimate of drug-likeness (QED) is 0.551. The second-order valence-electron chi connectivity index (χ2n) is 1.71. The van der Waals surface area contributed by atoms with E-state index >= 15 is 0 Å². The highest BCUT2D eigenvalue weighted by atomic mass is 16.3. The van der Waals surface area contributed by atoms with Gasteiger partial charge in [-0.2, -0.15) is 4.91 Å². The molecule has 0 amide bonds. The summed E-state index contributed by atoms with van der Waals surface area (Å²) >= 11 is 0. The Kier molecular flexibility index (Phi) is 4.45. The van der Waals surface area contributed by atoms with E-state index in [9.17, 15) is 4.91 Å². The van der Waals surface area contributed by atoms with E-state index in [1.165, 1.54) is 0 Å². The summed E-state index contributed by atoms with van der Waals surface area (Å²) in [6, 6.07) is 0.271. The van der Waals surface area contributed by atoms with Gasteiger partial charge in [-0.25, -0.2) is 0 Å². The van der Waals surface area contributed by atoms with Crippen molar-refractivity contribution < 1.29 is 0 Å². The summed E-state index contributed by atoms with van der Waals surface area (Å²) in [5.41, 5.74) is 0. The second-order valence-corrected chi connectivity index (χ2v) is 1.71. The zero-order valence-electron chi connectivity index (χ0n) is 5.35. The average molecular weight is 116 g/mol. The van der Waals surface area contributed by atoms with E-state index in [0.29, 0.717) is 6.54 Å². The number of likely N-dealkylation sites (N-methyl/N-ethyl adjacent to an activating group) is 1. The van der Waals surface area contributed by atoms with Gasteiger partial charge in [-0.05, 0) is 13.5 Å². The second kappa shape index (κ2) is 4.71. The molecule has 0 aromatic rings. The molecular weight excluding hydrogens is 104 g/mol. The number of nitroso groups, excluding NO2 is 1. The van der Waals surface area contributed by atoms with E-state index in [4.69, 9.17) is 0 Å². The lowest BCUT2D eigenvalue weighted by atomic mass is 10.2. The predicted octanol–water partition coefficient (Wildman–Crippen LogP) is 0.751. The van der Waals surface area contributed by atoms with Gasteiger partial charge in [-0.1, -0.05) is 12.1 Å². The topological polar surface area (TPSA) is 41.5 Å². The number of hydrogen-bond acceptors (Lipinski definition) is 3. The molecule has 0 aliphatic heterocycles. The first-order chi connectivity index (χ1) is 3.85. The molecule has 0 spiro atoms. The Labute approximate surface area is 49.4 Å². The van der Waals surface area contributed by atoms with Gasteiger partial charge in [0.15, 0.2) is 0 Å². The number of nitrogens with zero attached hydrogens (tertiary/aromatic N) is 1. The van der Waals surface area contributed by atoms with Crippen molar-refractivity contribution in [2.75, 3.05) is 13.6 Å². The molecule has 0 aliphatic rings. The molecule has 0 aromatic carbocycles. The van der Waals surface area contributed by atoms with Gasteiger partial charge in [-0.3, -0.25) is 0 Å². The first-order valence-electron chi connectivity index (χ1n) is 2.81. The van der Waals surface area contributed by atoms with Crippen LogP contribution in [0.1, 0.15) is 13.3 Å². The minimum absolute atomic E-state index is 0.271. The van der Waals surface area contributed by atoms with Gasteiger partial charge in [0.2, 0.25) is 0 Å². The average Bonchev–Trinajstić information content (AvgIpc) is 1.83. The Bertz CT molecular complexity index is 61.4. The van der Waals surface area contributed by atoms with E-state index in [1.807, 2.05) is 14.0 Å². The van der Waals surface area contributed by atoms with E-state index in [2.05, 4.69) is 10.5 Å². The van der Waals surface area contributed by atoms with Crippen LogP contribution in [0.4, 0.5) is 0 Å². The van der Waals surface area contributed by atoms with E-state index in [-0.39, 0.29) is 6.04 Å². The summed E-state index contributed by atoms with van der Waals surface area (Å²) < 4.78 is 0. The molecule has 0 bridgehead atoms. The molecule has 1 atom stereocenters. The van der Waals surface area contributed by atoms with E-state index in [0.717, 1.165) is 6.42 Å². The van der Waals surface area contributed by atoms with Crippen LogP contribution in [-0.4, -0.2) is 19.6 Å². The number of rotatable bonds is 4. The molecule has 0 saturated heterocycles. The van der Waals surface area contributed by atoms with Crippen LogP contribution in [0.3, 0.4) is 0 Å². The molecule has 1 unspecified atom stereocenters. The number of nitrogens with one attached hydrogen (secondary N) is 1. The first kappa shape index (κ1) is 7.56. The van der Waals surface area contributed by atoms with E-state index < -0.39 is 0 Å². The highest BCUT2D eigenvalue weighted by Gasteiger charge is 1.99. The fourth-order valence-corrected chi connectivity index (χ4v) is 0.514. The third-order valence-electron chi connectivity index (χ3n) is 1.20. The third-order valence-corrected chi connectivity index (χ3v) is 1.20. The van der Waals surface area contributed by atoms with Gasteiger partial charge in [0, 0.05) is 6.04 Å². The molecular formula is C5H12N2O. The molecule has 0 saturated carbocycles. The third kappa shape index (κ3) is 2.69. The minimum Gasteiger partial charge on any atom is -0.315 e. The van der Waals surface area contributed by atoms with Gasteiger partial charge in [-0.15, -0.1) is 0 Å². The molecule has 3 heteroatoms. The van der Waals surface area contributed by atoms with Crippen molar-refractivity contribution >= 4 is 0 Å². The SMILES string of the molecule is CCC(CN=O)NC. The van der Waals surface area contributed by atoms with Crippen LogP contribution in [0.5, 0.6) is 0 Å². The Morgan fingerprint density at radius 3 is 2.50 bits per heavy atom. The molecule has 3 nitrogen and oxygen atoms in total. The largest absolute Gasteiger partial charge is 0.315 e. The summed E-state index contributed by atoms with van der Waals surface area (Å²) in [6.45, 7) is 2.40. The smallest absolute Gasteiger partial charge is 0.0963 e. The Morgan fingerprint density at radius 1 is 1.75 bits per heavy atom. The van der Waals surface area contributed by atoms with Crippen LogP contribution in [-0.2, 0) is 0 Å². The van der Waals surface area contributed by atoms with Crippen LogP contribution >= 0.6 is 0 Å². The normalized spacial score (nSPS) is 13.2. The molecule has 48 valence electrons. The van der Waals surface area contributed by atoms with Crippen molar-refractivity contribution in [3.63, 3.8) is 0 Å². The van der Waals surface area contributed by atoms with Crippen molar-refractivity contribution in [2.24, 2.45) is 5.18 Å². The highest BCUT2D eigenvalue weighted by molar-refractivity contribution is 4.63. The first-order valence-corrected chi connectivity index (χ1v) is 2.81. The van der Waals surface area contributed by atoms with Crippen molar-refractivity contribution in [1.82, 2.24) is 5.32 Å². The molecule has 0 rings (SSSR count). The van der Waals surface area contributed by atoms with Crippen LogP contribution in [0, 0.1) is 4.91 Å². The summed E-state index contributed by atoms with van der Waals surface area (Å²) in [5, 5.41) is 5.72. The fourth-order valence-electron chi connectivity index (χ4n) is 0.514. The maximum atomic E-state index is 9.64. The minimum atomic E-state index is 0.271. The summed E-state index contributed by atoms with van der Waals surface area (Å²) in [6.07, 6.45) is 0.961. The Hall–Kier alpha value is -0.440. The highest BCUT2D eigenvalue weighted by Crippen LogP contribution is 1.88. The van der Waals surface area contributed by atoms with E-state index in [1.54, 1.807) is 0 Å². The molecule has 0 heterocycles. The molecule has 0 fully saturated rings. The van der Waals surface area contributed by atoms with Crippen LogP contribution < -0.4 is 5.32 Å². The number of hydrogen-bond donors (Lipinski definition) is 1. The van der Waals surface area contributed by atoms with Crippen molar-refractivity contribution in [3.8, 4) is 0 Å². The van der Waals surface area contributed by atoms with Gasteiger partial charge in [0.05, 0.1) is 6.54 Å². The van der Waals surface area contributed by atoms with Gasteiger partial charge < -0.3 is 5.32 Å². The molecule has 0 radical (unpaired) electrons. The lowest BCUT2D eigenvalue weighted by Gasteiger charge is -2.06. The lowest BCUT2D eigenvalue weighted by Crippen LogP contribution is -2.26. The zero-order valence-corrected chi connectivity index (χ0v) is 5.35. The van der Waals surface area contributed by atoms with Crippen LogP contribution in [0.25, 0.3) is 0 Å². The maximum absolute atomic E-state index is 9.64. The Morgan fingerprint density at radius 2 is 2.38 bits per heavy atom. The predicted molar refractivity (Wildman–Crippen MR) is 33.8 cm³/mol. The lowest BCUT2D eigenvalue weighted by molar-refractivity contribution is 0.555. The fraction of sp³-hybridized carbons (Fsp3) is 1.00. The molecule has 0 aromatic heterocycles. The van der Waals surface area contributed by atoms with Crippen LogP contribution in [0.2, 0.25) is 0 Å². The van der Waals surface area contributed by atoms with Crippen molar-refractivity contribution in [1.29, 1.82) is 0 Å². The van der Waals surface area contributed by atoms with Crippen molar-refractivity contribution in [3.05, 3.63) is 4.91 Å². The van der Waals surface area contributed by atoms with Crippen LogP contribution in [0.15, 0.2) is 5.18 Å². The Balaban J connectivity index is 3.20. The summed E-state index contributed by atoms with van der Waals surface area (Å²) in [7, 11) is 1.83. The standard InChI is InChI=1S/C5H12N2O/c1-3-5(6-2)4-7-8/h5-6H,3-4H2,1-2H3.